The maximum atomic E-state index is 12.0. The van der Waals surface area contributed by atoms with Gasteiger partial charge in [-0.3, -0.25) is 4.79 Å². The Hall–Kier alpha value is -1.82. The van der Waals surface area contributed by atoms with E-state index < -0.39 is 0 Å². The second kappa shape index (κ2) is 6.56. The van der Waals surface area contributed by atoms with Gasteiger partial charge < -0.3 is 10.1 Å². The van der Waals surface area contributed by atoms with Gasteiger partial charge in [0.15, 0.2) is 0 Å². The number of amides is 1. The summed E-state index contributed by atoms with van der Waals surface area (Å²) in [5.41, 5.74) is 1.42. The summed E-state index contributed by atoms with van der Waals surface area (Å²) in [6, 6.07) is 4.13. The number of hydrogen-bond acceptors (Lipinski definition) is 4. The highest BCUT2D eigenvalue weighted by Gasteiger charge is 2.16. The van der Waals surface area contributed by atoms with Crippen molar-refractivity contribution in [3.8, 4) is 5.88 Å². The number of aryl methyl sites for hydroxylation is 3. The summed E-state index contributed by atoms with van der Waals surface area (Å²) in [5.74, 6) is 0.574. The number of nitrogens with one attached hydrogen (secondary N) is 1. The Balaban J connectivity index is 1.88. The molecule has 0 radical (unpaired) electrons. The van der Waals surface area contributed by atoms with E-state index in [2.05, 4.69) is 21.9 Å². The van der Waals surface area contributed by atoms with Crippen LogP contribution in [0.5, 0.6) is 5.88 Å². The first-order chi connectivity index (χ1) is 9.61. The Kier molecular flexibility index (Phi) is 4.79. The van der Waals surface area contributed by atoms with Gasteiger partial charge in [-0.05, 0) is 31.2 Å². The number of methoxy groups -OCH3 is 1. The van der Waals surface area contributed by atoms with Gasteiger partial charge in [0.1, 0.15) is 5.69 Å². The molecule has 108 valence electrons. The smallest absolute Gasteiger partial charge is 0.236 e. The van der Waals surface area contributed by atoms with Gasteiger partial charge in [0, 0.05) is 18.3 Å². The molecule has 1 N–H and O–H groups in total. The molecule has 2 aromatic heterocycles. The lowest BCUT2D eigenvalue weighted by Crippen LogP contribution is -2.12. The Morgan fingerprint density at radius 1 is 1.55 bits per heavy atom. The van der Waals surface area contributed by atoms with Crippen LogP contribution in [0.2, 0.25) is 0 Å². The molecular formula is C14H19N3O2S. The standard InChI is InChI=1S/C14H19N3O2S/c1-10-13(14(19-3)17(2)16-10)15-12(18)8-4-6-11-7-5-9-20-11/h5,7,9H,4,6,8H2,1-3H3,(H,15,18). The Labute approximate surface area is 122 Å². The van der Waals surface area contributed by atoms with Crippen LogP contribution in [0.15, 0.2) is 17.5 Å². The van der Waals surface area contributed by atoms with Crippen molar-refractivity contribution in [3.63, 3.8) is 0 Å². The van der Waals surface area contributed by atoms with Crippen molar-refractivity contribution >= 4 is 22.9 Å². The predicted octanol–water partition coefficient (Wildman–Crippen LogP) is 2.76. The van der Waals surface area contributed by atoms with Crippen LogP contribution >= 0.6 is 11.3 Å². The topological polar surface area (TPSA) is 56.1 Å². The van der Waals surface area contributed by atoms with Crippen molar-refractivity contribution in [1.82, 2.24) is 9.78 Å². The van der Waals surface area contributed by atoms with E-state index >= 15 is 0 Å². The molecule has 0 spiro atoms. The minimum absolute atomic E-state index is 0.00374. The molecule has 0 aliphatic carbocycles. The van der Waals surface area contributed by atoms with E-state index in [0.717, 1.165) is 18.5 Å². The predicted molar refractivity (Wildman–Crippen MR) is 80.4 cm³/mol. The number of carbonyl (C=O) groups is 1. The number of thiophene rings is 1. The summed E-state index contributed by atoms with van der Waals surface area (Å²) < 4.78 is 6.87. The number of anilines is 1. The monoisotopic (exact) mass is 293 g/mol. The lowest BCUT2D eigenvalue weighted by atomic mass is 10.2. The minimum Gasteiger partial charge on any atom is -0.480 e. The maximum absolute atomic E-state index is 12.0. The van der Waals surface area contributed by atoms with E-state index in [1.807, 2.05) is 13.0 Å². The van der Waals surface area contributed by atoms with Crippen LogP contribution in [0, 0.1) is 6.92 Å². The van der Waals surface area contributed by atoms with Crippen molar-refractivity contribution in [2.75, 3.05) is 12.4 Å². The van der Waals surface area contributed by atoms with Gasteiger partial charge in [-0.25, -0.2) is 4.68 Å². The second-order valence-corrected chi connectivity index (χ2v) is 5.61. The van der Waals surface area contributed by atoms with Gasteiger partial charge in [0.2, 0.25) is 11.8 Å². The first-order valence-electron chi connectivity index (χ1n) is 6.51. The molecule has 0 saturated heterocycles. The van der Waals surface area contributed by atoms with Gasteiger partial charge in [-0.2, -0.15) is 5.10 Å². The highest BCUT2D eigenvalue weighted by molar-refractivity contribution is 7.09. The third kappa shape index (κ3) is 3.39. The summed E-state index contributed by atoms with van der Waals surface area (Å²) >= 11 is 1.73. The molecule has 0 atom stereocenters. The zero-order valence-corrected chi connectivity index (χ0v) is 12.8. The van der Waals surface area contributed by atoms with Crippen LogP contribution in [-0.4, -0.2) is 22.8 Å². The van der Waals surface area contributed by atoms with Gasteiger partial charge >= 0.3 is 0 Å². The Bertz CT molecular complexity index is 576. The number of nitrogens with zero attached hydrogens (tertiary/aromatic N) is 2. The van der Waals surface area contributed by atoms with Crippen molar-refractivity contribution in [2.45, 2.75) is 26.2 Å². The molecule has 0 fully saturated rings. The Morgan fingerprint density at radius 3 is 3.00 bits per heavy atom. The fraction of sp³-hybridized carbons (Fsp3) is 0.429. The van der Waals surface area contributed by atoms with Gasteiger partial charge in [0.25, 0.3) is 0 Å². The van der Waals surface area contributed by atoms with Crippen LogP contribution in [0.25, 0.3) is 0 Å². The van der Waals surface area contributed by atoms with E-state index in [4.69, 9.17) is 4.74 Å². The van der Waals surface area contributed by atoms with Crippen LogP contribution in [0.1, 0.15) is 23.4 Å². The lowest BCUT2D eigenvalue weighted by Gasteiger charge is -2.07. The van der Waals surface area contributed by atoms with Gasteiger partial charge in [-0.15, -0.1) is 11.3 Å². The van der Waals surface area contributed by atoms with E-state index in [1.54, 1.807) is 30.2 Å². The number of ether oxygens (including phenoxy) is 1. The number of rotatable bonds is 6. The normalized spacial score (nSPS) is 10.6. The van der Waals surface area contributed by atoms with Gasteiger partial charge in [-0.1, -0.05) is 6.07 Å². The summed E-state index contributed by atoms with van der Waals surface area (Å²) in [7, 11) is 3.36. The van der Waals surface area contributed by atoms with Crippen LogP contribution in [0.4, 0.5) is 5.69 Å². The molecule has 0 bridgehead atoms. The Morgan fingerprint density at radius 2 is 2.35 bits per heavy atom. The number of aromatic nitrogens is 2. The zero-order valence-electron chi connectivity index (χ0n) is 12.0. The highest BCUT2D eigenvalue weighted by atomic mass is 32.1. The summed E-state index contributed by atoms with van der Waals surface area (Å²) in [6.07, 6.45) is 2.28. The average Bonchev–Trinajstić information content (AvgIpc) is 2.99. The molecule has 0 saturated carbocycles. The van der Waals surface area contributed by atoms with Crippen molar-refractivity contribution in [3.05, 3.63) is 28.1 Å². The highest BCUT2D eigenvalue weighted by Crippen LogP contribution is 2.27. The molecule has 1 amide bonds. The number of carbonyl (C=O) groups excluding carboxylic acids is 1. The van der Waals surface area contributed by atoms with Crippen LogP contribution in [0.3, 0.4) is 0 Å². The third-order valence-electron chi connectivity index (χ3n) is 3.03. The van der Waals surface area contributed by atoms with E-state index in [-0.39, 0.29) is 5.91 Å². The quantitative estimate of drug-likeness (QED) is 0.891. The first-order valence-corrected chi connectivity index (χ1v) is 7.39. The van der Waals surface area contributed by atoms with E-state index in [9.17, 15) is 4.79 Å². The maximum Gasteiger partial charge on any atom is 0.236 e. The molecule has 5 nitrogen and oxygen atoms in total. The minimum atomic E-state index is -0.00374. The largest absolute Gasteiger partial charge is 0.480 e. The molecule has 0 aliphatic heterocycles. The van der Waals surface area contributed by atoms with Gasteiger partial charge in [0.05, 0.1) is 12.8 Å². The van der Waals surface area contributed by atoms with E-state index in [0.29, 0.717) is 18.0 Å². The van der Waals surface area contributed by atoms with Crippen LogP contribution < -0.4 is 10.1 Å². The molecule has 2 heterocycles. The zero-order chi connectivity index (χ0) is 14.5. The molecule has 2 aromatic rings. The van der Waals surface area contributed by atoms with Crippen molar-refractivity contribution in [1.29, 1.82) is 0 Å². The SMILES string of the molecule is COc1c(NC(=O)CCCc2cccs2)c(C)nn1C. The van der Waals surface area contributed by atoms with E-state index in [1.165, 1.54) is 4.88 Å². The molecular weight excluding hydrogens is 274 g/mol. The van der Waals surface area contributed by atoms with Crippen molar-refractivity contribution in [2.24, 2.45) is 7.05 Å². The fourth-order valence-electron chi connectivity index (χ4n) is 2.09. The third-order valence-corrected chi connectivity index (χ3v) is 3.97. The molecule has 0 aliphatic rings. The molecule has 0 unspecified atom stereocenters. The van der Waals surface area contributed by atoms with Crippen LogP contribution in [-0.2, 0) is 18.3 Å². The average molecular weight is 293 g/mol. The first kappa shape index (κ1) is 14.6. The summed E-state index contributed by atoms with van der Waals surface area (Å²) in [4.78, 5) is 13.3. The fourth-order valence-corrected chi connectivity index (χ4v) is 2.85. The lowest BCUT2D eigenvalue weighted by molar-refractivity contribution is -0.116. The molecule has 0 aromatic carbocycles. The number of hydrogen-bond donors (Lipinski definition) is 1. The second-order valence-electron chi connectivity index (χ2n) is 4.57. The summed E-state index contributed by atoms with van der Waals surface area (Å²) in [5, 5.41) is 9.18. The molecule has 20 heavy (non-hydrogen) atoms. The molecule has 2 rings (SSSR count). The summed E-state index contributed by atoms with van der Waals surface area (Å²) in [6.45, 7) is 1.85. The molecule has 6 heteroatoms. The van der Waals surface area contributed by atoms with Crippen molar-refractivity contribution < 1.29 is 9.53 Å².